The van der Waals surface area contributed by atoms with Crippen molar-refractivity contribution in [1.82, 2.24) is 9.55 Å². The van der Waals surface area contributed by atoms with Crippen LogP contribution in [0.4, 0.5) is 0 Å². The molecule has 1 aromatic rings. The number of aromatic nitrogens is 2. The summed E-state index contributed by atoms with van der Waals surface area (Å²) in [5.41, 5.74) is 6.41. The Kier molecular flexibility index (Phi) is 2.73. The minimum atomic E-state index is -0.314. The molecule has 0 spiro atoms. The maximum absolute atomic E-state index is 11.6. The summed E-state index contributed by atoms with van der Waals surface area (Å²) in [4.78, 5) is 15.7. The number of fused-ring (bicyclic) bond motifs is 1. The predicted octanol–water partition coefficient (Wildman–Crippen LogP) is 0.853. The first kappa shape index (κ1) is 10.2. The van der Waals surface area contributed by atoms with E-state index < -0.39 is 0 Å². The van der Waals surface area contributed by atoms with E-state index in [2.05, 4.69) is 4.98 Å². The second-order valence-electron chi connectivity index (χ2n) is 3.62. The molecule has 0 fully saturated rings. The summed E-state index contributed by atoms with van der Waals surface area (Å²) in [6.45, 7) is 2.97. The first-order valence-corrected chi connectivity index (χ1v) is 5.22. The van der Waals surface area contributed by atoms with Crippen molar-refractivity contribution in [1.29, 1.82) is 0 Å². The van der Waals surface area contributed by atoms with Crippen LogP contribution in [-0.4, -0.2) is 22.1 Å². The second-order valence-corrected chi connectivity index (χ2v) is 3.62. The Labute approximate surface area is 88.2 Å². The molecule has 0 aliphatic carbocycles. The number of imidazole rings is 1. The van der Waals surface area contributed by atoms with Crippen LogP contribution in [0.3, 0.4) is 0 Å². The first-order chi connectivity index (χ1) is 7.24. The van der Waals surface area contributed by atoms with E-state index in [1.807, 2.05) is 4.57 Å². The van der Waals surface area contributed by atoms with E-state index in [0.717, 1.165) is 25.2 Å². The summed E-state index contributed by atoms with van der Waals surface area (Å²) in [7, 11) is 0. The molecule has 0 amide bonds. The molecule has 0 saturated heterocycles. The monoisotopic (exact) mass is 209 g/mol. The van der Waals surface area contributed by atoms with Gasteiger partial charge >= 0.3 is 5.97 Å². The van der Waals surface area contributed by atoms with Crippen molar-refractivity contribution < 1.29 is 9.53 Å². The minimum absolute atomic E-state index is 0.0538. The maximum atomic E-state index is 11.6. The van der Waals surface area contributed by atoms with Crippen molar-refractivity contribution in [2.24, 2.45) is 5.73 Å². The van der Waals surface area contributed by atoms with Crippen LogP contribution >= 0.6 is 0 Å². The number of carbonyl (C=O) groups excluding carboxylic acids is 1. The Morgan fingerprint density at radius 1 is 1.80 bits per heavy atom. The molecule has 15 heavy (non-hydrogen) atoms. The summed E-state index contributed by atoms with van der Waals surface area (Å²) in [5, 5.41) is 0. The number of rotatable bonds is 2. The zero-order valence-electron chi connectivity index (χ0n) is 8.77. The summed E-state index contributed by atoms with van der Waals surface area (Å²) >= 11 is 0. The Bertz CT molecular complexity index is 373. The van der Waals surface area contributed by atoms with E-state index >= 15 is 0 Å². The molecule has 0 radical (unpaired) electrons. The SMILES string of the molecule is CCOC(=O)c1cnc2n1CCCC2N. The van der Waals surface area contributed by atoms with Gasteiger partial charge in [-0.2, -0.15) is 0 Å². The highest BCUT2D eigenvalue weighted by Gasteiger charge is 2.24. The number of nitrogens with two attached hydrogens (primary N) is 1. The predicted molar refractivity (Wildman–Crippen MR) is 54.3 cm³/mol. The average molecular weight is 209 g/mol. The van der Waals surface area contributed by atoms with E-state index in [9.17, 15) is 4.79 Å². The summed E-state index contributed by atoms with van der Waals surface area (Å²) in [6, 6.07) is -0.0538. The van der Waals surface area contributed by atoms with Crippen molar-refractivity contribution in [3.8, 4) is 0 Å². The quantitative estimate of drug-likeness (QED) is 0.733. The van der Waals surface area contributed by atoms with E-state index in [-0.39, 0.29) is 12.0 Å². The zero-order chi connectivity index (χ0) is 10.8. The molecule has 5 nitrogen and oxygen atoms in total. The molecule has 1 aromatic heterocycles. The zero-order valence-corrected chi connectivity index (χ0v) is 8.77. The molecule has 2 N–H and O–H groups in total. The van der Waals surface area contributed by atoms with Crippen molar-refractivity contribution in [3.05, 3.63) is 17.7 Å². The fraction of sp³-hybridized carbons (Fsp3) is 0.600. The van der Waals surface area contributed by atoms with Crippen LogP contribution in [0.5, 0.6) is 0 Å². The smallest absolute Gasteiger partial charge is 0.356 e. The molecule has 1 atom stereocenters. The van der Waals surface area contributed by atoms with Gasteiger partial charge < -0.3 is 15.0 Å². The van der Waals surface area contributed by atoms with Crippen LogP contribution in [0.15, 0.2) is 6.20 Å². The maximum Gasteiger partial charge on any atom is 0.356 e. The van der Waals surface area contributed by atoms with Gasteiger partial charge in [0.25, 0.3) is 0 Å². The molecular formula is C10H15N3O2. The van der Waals surface area contributed by atoms with Crippen LogP contribution in [-0.2, 0) is 11.3 Å². The fourth-order valence-electron chi connectivity index (χ4n) is 1.89. The van der Waals surface area contributed by atoms with Crippen molar-refractivity contribution in [3.63, 3.8) is 0 Å². The highest BCUT2D eigenvalue weighted by Crippen LogP contribution is 2.23. The summed E-state index contributed by atoms with van der Waals surface area (Å²) in [6.07, 6.45) is 3.47. The fourth-order valence-corrected chi connectivity index (χ4v) is 1.89. The van der Waals surface area contributed by atoms with Gasteiger partial charge in [-0.15, -0.1) is 0 Å². The lowest BCUT2D eigenvalue weighted by Gasteiger charge is -2.20. The van der Waals surface area contributed by atoms with Gasteiger partial charge in [0.15, 0.2) is 0 Å². The molecule has 2 rings (SSSR count). The van der Waals surface area contributed by atoms with Gasteiger partial charge in [0, 0.05) is 6.54 Å². The van der Waals surface area contributed by atoms with E-state index in [1.165, 1.54) is 0 Å². The summed E-state index contributed by atoms with van der Waals surface area (Å²) < 4.78 is 6.81. The molecule has 0 aromatic carbocycles. The molecule has 0 saturated carbocycles. The third kappa shape index (κ3) is 1.74. The van der Waals surface area contributed by atoms with Crippen LogP contribution in [0.1, 0.15) is 42.1 Å². The molecular weight excluding hydrogens is 194 g/mol. The van der Waals surface area contributed by atoms with Crippen LogP contribution in [0.2, 0.25) is 0 Å². The van der Waals surface area contributed by atoms with Gasteiger partial charge in [-0.3, -0.25) is 0 Å². The lowest BCUT2D eigenvalue weighted by atomic mass is 10.1. The Balaban J connectivity index is 2.30. The highest BCUT2D eigenvalue weighted by atomic mass is 16.5. The molecule has 5 heteroatoms. The third-order valence-corrected chi connectivity index (χ3v) is 2.60. The van der Waals surface area contributed by atoms with Gasteiger partial charge in [-0.25, -0.2) is 9.78 Å². The van der Waals surface area contributed by atoms with Gasteiger partial charge in [0.05, 0.1) is 18.8 Å². The molecule has 1 aliphatic rings. The van der Waals surface area contributed by atoms with Crippen molar-refractivity contribution in [2.45, 2.75) is 32.4 Å². The van der Waals surface area contributed by atoms with Gasteiger partial charge in [-0.05, 0) is 19.8 Å². The average Bonchev–Trinajstić information content (AvgIpc) is 2.63. The topological polar surface area (TPSA) is 70.1 Å². The molecule has 0 bridgehead atoms. The number of hydrogen-bond acceptors (Lipinski definition) is 4. The number of carbonyl (C=O) groups is 1. The second kappa shape index (κ2) is 4.02. The van der Waals surface area contributed by atoms with Gasteiger partial charge in [-0.1, -0.05) is 0 Å². The summed E-state index contributed by atoms with van der Waals surface area (Å²) in [5.74, 6) is 0.481. The van der Waals surface area contributed by atoms with Crippen LogP contribution in [0.25, 0.3) is 0 Å². The number of hydrogen-bond donors (Lipinski definition) is 1. The lowest BCUT2D eigenvalue weighted by molar-refractivity contribution is 0.0512. The number of esters is 1. The Hall–Kier alpha value is -1.36. The van der Waals surface area contributed by atoms with Crippen molar-refractivity contribution in [2.75, 3.05) is 6.61 Å². The van der Waals surface area contributed by atoms with E-state index in [0.29, 0.717) is 12.3 Å². The van der Waals surface area contributed by atoms with Crippen LogP contribution < -0.4 is 5.73 Å². The normalized spacial score (nSPS) is 19.7. The molecule has 1 aliphatic heterocycles. The van der Waals surface area contributed by atoms with E-state index in [1.54, 1.807) is 13.1 Å². The van der Waals surface area contributed by atoms with Crippen molar-refractivity contribution >= 4 is 5.97 Å². The van der Waals surface area contributed by atoms with Crippen LogP contribution in [0, 0.1) is 0 Å². The largest absolute Gasteiger partial charge is 0.461 e. The standard InChI is InChI=1S/C10H15N3O2/c1-2-15-10(14)8-6-12-9-7(11)4-3-5-13(8)9/h6-7H,2-5,11H2,1H3. The first-order valence-electron chi connectivity index (χ1n) is 5.22. The molecule has 2 heterocycles. The highest BCUT2D eigenvalue weighted by molar-refractivity contribution is 5.87. The Morgan fingerprint density at radius 3 is 3.33 bits per heavy atom. The third-order valence-electron chi connectivity index (χ3n) is 2.60. The Morgan fingerprint density at radius 2 is 2.60 bits per heavy atom. The van der Waals surface area contributed by atoms with E-state index in [4.69, 9.17) is 10.5 Å². The number of ether oxygens (including phenoxy) is 1. The van der Waals surface area contributed by atoms with Gasteiger partial charge in [0.2, 0.25) is 0 Å². The molecule has 1 unspecified atom stereocenters. The minimum Gasteiger partial charge on any atom is -0.461 e. The number of nitrogens with zero attached hydrogens (tertiary/aromatic N) is 2. The van der Waals surface area contributed by atoms with Gasteiger partial charge in [0.1, 0.15) is 11.5 Å². The lowest BCUT2D eigenvalue weighted by Crippen LogP contribution is -2.24. The molecule has 82 valence electrons.